The maximum Gasteiger partial charge on any atom is 0.411 e. The molecule has 0 atom stereocenters. The molecule has 0 bridgehead atoms. The van der Waals surface area contributed by atoms with E-state index in [1.54, 1.807) is 31.2 Å². The number of ketones is 1. The largest absolute Gasteiger partial charge is 0.450 e. The standard InChI is InChI=1S/C15H17N3O3.C13H19NO/c1-3-21-15(20)16-13-6-4-5-12(9-13)10-18-14(19)8-7-11(2)17-18;1-11-4-6-12(7-5-11)8-9-13(15)3-2-10-14/h4-9H,3,10H2,1-2H3,(H,16,20);4-7H,2-3,8-10,14H2,1H3. The average molecular weight is 493 g/mol. The van der Waals surface area contributed by atoms with Crippen LogP contribution in [0.15, 0.2) is 65.5 Å². The zero-order valence-electron chi connectivity index (χ0n) is 21.3. The molecule has 2 aromatic carbocycles. The SMILES string of the molecule is CCOC(=O)Nc1cccc(Cn2nc(C)ccc2=O)c1.Cc1ccc(CCC(=O)CCCN)cc1. The summed E-state index contributed by atoms with van der Waals surface area (Å²) < 4.78 is 6.21. The summed E-state index contributed by atoms with van der Waals surface area (Å²) in [4.78, 5) is 34.5. The van der Waals surface area contributed by atoms with E-state index in [1.165, 1.54) is 21.9 Å². The predicted molar refractivity (Wildman–Crippen MR) is 142 cm³/mol. The fraction of sp³-hybridized carbons (Fsp3) is 0.357. The van der Waals surface area contributed by atoms with E-state index in [9.17, 15) is 14.4 Å². The number of hydrogen-bond donors (Lipinski definition) is 2. The van der Waals surface area contributed by atoms with Gasteiger partial charge in [0, 0.05) is 24.6 Å². The van der Waals surface area contributed by atoms with Crippen LogP contribution >= 0.6 is 0 Å². The van der Waals surface area contributed by atoms with Gasteiger partial charge in [-0.2, -0.15) is 5.10 Å². The van der Waals surface area contributed by atoms with Crippen molar-refractivity contribution in [1.29, 1.82) is 0 Å². The number of nitrogens with two attached hydrogens (primary N) is 1. The van der Waals surface area contributed by atoms with Crippen molar-refractivity contribution in [2.75, 3.05) is 18.5 Å². The second-order valence-corrected chi connectivity index (χ2v) is 8.43. The van der Waals surface area contributed by atoms with Crippen molar-refractivity contribution in [2.24, 2.45) is 5.73 Å². The Bertz CT molecular complexity index is 1170. The monoisotopic (exact) mass is 492 g/mol. The second kappa shape index (κ2) is 15.3. The lowest BCUT2D eigenvalue weighted by atomic mass is 10.0. The molecule has 0 saturated carbocycles. The van der Waals surface area contributed by atoms with Crippen LogP contribution in [0.3, 0.4) is 0 Å². The molecule has 3 rings (SSSR count). The fourth-order valence-electron chi connectivity index (χ4n) is 3.33. The van der Waals surface area contributed by atoms with Gasteiger partial charge in [-0.1, -0.05) is 42.0 Å². The number of ether oxygens (including phenoxy) is 1. The Hall–Kier alpha value is -3.78. The van der Waals surface area contributed by atoms with Gasteiger partial charge in [-0.3, -0.25) is 14.9 Å². The first-order valence-corrected chi connectivity index (χ1v) is 12.2. The molecule has 1 amide bonds. The number of hydrogen-bond acceptors (Lipinski definition) is 6. The van der Waals surface area contributed by atoms with E-state index in [2.05, 4.69) is 41.6 Å². The molecule has 36 heavy (non-hydrogen) atoms. The maximum absolute atomic E-state index is 11.7. The summed E-state index contributed by atoms with van der Waals surface area (Å²) in [5, 5.41) is 6.81. The van der Waals surface area contributed by atoms with Crippen molar-refractivity contribution in [2.45, 2.75) is 53.0 Å². The number of Topliss-reactive ketones (excluding diaryl/α,β-unsaturated/α-hetero) is 1. The molecule has 3 aromatic rings. The Morgan fingerprint density at radius 1 is 1.00 bits per heavy atom. The summed E-state index contributed by atoms with van der Waals surface area (Å²) in [7, 11) is 0. The molecule has 1 aromatic heterocycles. The highest BCUT2D eigenvalue weighted by Gasteiger charge is 2.05. The number of carbonyl (C=O) groups is 2. The number of rotatable bonds is 10. The van der Waals surface area contributed by atoms with Crippen LogP contribution in [0.4, 0.5) is 10.5 Å². The van der Waals surface area contributed by atoms with Gasteiger partial charge in [0.1, 0.15) is 5.78 Å². The number of nitrogens with one attached hydrogen (secondary N) is 1. The van der Waals surface area contributed by atoms with Crippen LogP contribution in [0.1, 0.15) is 48.6 Å². The van der Waals surface area contributed by atoms with Gasteiger partial charge >= 0.3 is 6.09 Å². The Kier molecular flexibility index (Phi) is 12.1. The van der Waals surface area contributed by atoms with E-state index < -0.39 is 6.09 Å². The first kappa shape index (κ1) is 28.5. The number of benzene rings is 2. The van der Waals surface area contributed by atoms with Crippen LogP contribution in [0, 0.1) is 13.8 Å². The molecule has 0 fully saturated rings. The van der Waals surface area contributed by atoms with Crippen LogP contribution < -0.4 is 16.6 Å². The molecular formula is C28H36N4O4. The van der Waals surface area contributed by atoms with E-state index in [-0.39, 0.29) is 5.56 Å². The third-order valence-electron chi connectivity index (χ3n) is 5.25. The first-order chi connectivity index (χ1) is 17.3. The quantitative estimate of drug-likeness (QED) is 0.433. The number of aryl methyl sites for hydroxylation is 3. The molecule has 3 N–H and O–H groups in total. The molecule has 8 heteroatoms. The van der Waals surface area contributed by atoms with Crippen LogP contribution in [-0.2, 0) is 22.5 Å². The minimum Gasteiger partial charge on any atom is -0.450 e. The van der Waals surface area contributed by atoms with Gasteiger partial charge in [0.25, 0.3) is 5.56 Å². The molecule has 192 valence electrons. The van der Waals surface area contributed by atoms with Crippen molar-refractivity contribution in [3.05, 3.63) is 93.4 Å². The predicted octanol–water partition coefficient (Wildman–Crippen LogP) is 4.40. The summed E-state index contributed by atoms with van der Waals surface area (Å²) in [6.07, 6.45) is 2.43. The summed E-state index contributed by atoms with van der Waals surface area (Å²) in [6.45, 7) is 6.90. The van der Waals surface area contributed by atoms with Gasteiger partial charge in [-0.05, 0) is 69.5 Å². The smallest absolute Gasteiger partial charge is 0.411 e. The molecule has 0 radical (unpaired) electrons. The number of nitrogens with zero attached hydrogens (tertiary/aromatic N) is 2. The minimum absolute atomic E-state index is 0.163. The summed E-state index contributed by atoms with van der Waals surface area (Å²) >= 11 is 0. The molecule has 0 aliphatic carbocycles. The lowest BCUT2D eigenvalue weighted by Gasteiger charge is -2.08. The van der Waals surface area contributed by atoms with Crippen molar-refractivity contribution in [3.8, 4) is 0 Å². The van der Waals surface area contributed by atoms with Crippen LogP contribution in [0.5, 0.6) is 0 Å². The molecule has 8 nitrogen and oxygen atoms in total. The molecular weight excluding hydrogens is 456 g/mol. The molecule has 0 saturated heterocycles. The van der Waals surface area contributed by atoms with E-state index in [4.69, 9.17) is 10.5 Å². The normalized spacial score (nSPS) is 10.2. The van der Waals surface area contributed by atoms with Crippen LogP contribution in [-0.4, -0.2) is 34.8 Å². The Balaban J connectivity index is 0.000000269. The van der Waals surface area contributed by atoms with Crippen LogP contribution in [0.25, 0.3) is 0 Å². The van der Waals surface area contributed by atoms with Crippen molar-refractivity contribution < 1.29 is 14.3 Å². The van der Waals surface area contributed by atoms with E-state index >= 15 is 0 Å². The highest BCUT2D eigenvalue weighted by molar-refractivity contribution is 5.84. The zero-order valence-corrected chi connectivity index (χ0v) is 21.3. The van der Waals surface area contributed by atoms with Crippen molar-refractivity contribution >= 4 is 17.6 Å². The minimum atomic E-state index is -0.500. The number of aromatic nitrogens is 2. The van der Waals surface area contributed by atoms with Gasteiger partial charge in [0.2, 0.25) is 0 Å². The summed E-state index contributed by atoms with van der Waals surface area (Å²) in [6, 6.07) is 18.7. The molecule has 0 aliphatic rings. The highest BCUT2D eigenvalue weighted by atomic mass is 16.5. The van der Waals surface area contributed by atoms with Gasteiger partial charge in [-0.15, -0.1) is 0 Å². The third kappa shape index (κ3) is 10.7. The highest BCUT2D eigenvalue weighted by Crippen LogP contribution is 2.12. The molecule has 0 spiro atoms. The number of amides is 1. The van der Waals surface area contributed by atoms with Crippen LogP contribution in [0.2, 0.25) is 0 Å². The van der Waals surface area contributed by atoms with Gasteiger partial charge in [0.05, 0.1) is 18.8 Å². The van der Waals surface area contributed by atoms with Gasteiger partial charge in [0.15, 0.2) is 0 Å². The van der Waals surface area contributed by atoms with Crippen molar-refractivity contribution in [3.63, 3.8) is 0 Å². The van der Waals surface area contributed by atoms with E-state index in [0.717, 1.165) is 24.1 Å². The van der Waals surface area contributed by atoms with Crippen molar-refractivity contribution in [1.82, 2.24) is 9.78 Å². The maximum atomic E-state index is 11.7. The molecule has 0 aliphatic heterocycles. The van der Waals surface area contributed by atoms with E-state index in [1.807, 2.05) is 13.0 Å². The Labute approximate surface area is 212 Å². The number of anilines is 1. The van der Waals surface area contributed by atoms with E-state index in [0.29, 0.717) is 44.0 Å². The number of carbonyl (C=O) groups excluding carboxylic acids is 2. The van der Waals surface area contributed by atoms with Gasteiger partial charge in [-0.25, -0.2) is 9.48 Å². The summed E-state index contributed by atoms with van der Waals surface area (Å²) in [5.41, 5.74) is 9.94. The molecule has 0 unspecified atom stereocenters. The zero-order chi connectivity index (χ0) is 26.3. The average Bonchev–Trinajstić information content (AvgIpc) is 2.85. The third-order valence-corrected chi connectivity index (χ3v) is 5.25. The topological polar surface area (TPSA) is 116 Å². The summed E-state index contributed by atoms with van der Waals surface area (Å²) in [5.74, 6) is 0.320. The lowest BCUT2D eigenvalue weighted by Crippen LogP contribution is -2.23. The fourth-order valence-corrected chi connectivity index (χ4v) is 3.33. The second-order valence-electron chi connectivity index (χ2n) is 8.43. The molecule has 1 heterocycles. The Morgan fingerprint density at radius 3 is 2.44 bits per heavy atom. The Morgan fingerprint density at radius 2 is 1.75 bits per heavy atom. The van der Waals surface area contributed by atoms with Gasteiger partial charge < -0.3 is 10.5 Å². The first-order valence-electron chi connectivity index (χ1n) is 12.2. The lowest BCUT2D eigenvalue weighted by molar-refractivity contribution is -0.119.